The summed E-state index contributed by atoms with van der Waals surface area (Å²) in [5.74, 6) is -2.38. The normalized spacial score (nSPS) is 11.2. The number of aryl methyl sites for hydroxylation is 1. The smallest absolute Gasteiger partial charge is 0.394 e. The van der Waals surface area contributed by atoms with Gasteiger partial charge in [0.2, 0.25) is 0 Å². The largest absolute Gasteiger partial charge is 0.474 e. The lowest BCUT2D eigenvalue weighted by Crippen LogP contribution is -2.33. The highest BCUT2D eigenvalue weighted by Gasteiger charge is 2.21. The zero-order valence-corrected chi connectivity index (χ0v) is 11.4. The molecule has 0 aliphatic rings. The van der Waals surface area contributed by atoms with E-state index in [0.29, 0.717) is 5.69 Å². The van der Waals surface area contributed by atoms with E-state index in [1.807, 2.05) is 19.1 Å². The van der Waals surface area contributed by atoms with E-state index in [1.165, 1.54) is 7.05 Å². The average molecular weight is 249 g/mol. The van der Waals surface area contributed by atoms with Gasteiger partial charge in [-0.25, -0.2) is 4.79 Å². The predicted molar refractivity (Wildman–Crippen MR) is 70.9 cm³/mol. The Morgan fingerprint density at radius 2 is 1.78 bits per heavy atom. The minimum atomic E-state index is -1.45. The van der Waals surface area contributed by atoms with Crippen LogP contribution in [0.4, 0.5) is 5.69 Å². The summed E-state index contributed by atoms with van der Waals surface area (Å²) in [5, 5.41) is 8.70. The molecule has 0 unspecified atom stereocenters. The van der Waals surface area contributed by atoms with Crippen molar-refractivity contribution < 1.29 is 14.7 Å². The van der Waals surface area contributed by atoms with Gasteiger partial charge in [0.1, 0.15) is 0 Å². The van der Waals surface area contributed by atoms with Crippen molar-refractivity contribution in [3.05, 3.63) is 29.3 Å². The van der Waals surface area contributed by atoms with E-state index < -0.39 is 11.9 Å². The van der Waals surface area contributed by atoms with E-state index in [2.05, 4.69) is 20.8 Å². The summed E-state index contributed by atoms with van der Waals surface area (Å²) in [5.41, 5.74) is 2.69. The molecule has 1 rings (SSSR count). The summed E-state index contributed by atoms with van der Waals surface area (Å²) in [6, 6.07) is 5.70. The first kappa shape index (κ1) is 14.2. The summed E-state index contributed by atoms with van der Waals surface area (Å²) in [7, 11) is 1.47. The van der Waals surface area contributed by atoms with Crippen molar-refractivity contribution in [3.8, 4) is 0 Å². The molecule has 4 nitrogen and oxygen atoms in total. The average Bonchev–Trinajstić information content (AvgIpc) is 2.25. The maximum atomic E-state index is 11.4. The molecule has 18 heavy (non-hydrogen) atoms. The molecule has 0 aliphatic heterocycles. The lowest BCUT2D eigenvalue weighted by molar-refractivity contribution is -0.148. The van der Waals surface area contributed by atoms with E-state index in [9.17, 15) is 9.59 Å². The molecule has 98 valence electrons. The molecular weight excluding hydrogens is 230 g/mol. The van der Waals surface area contributed by atoms with E-state index >= 15 is 0 Å². The van der Waals surface area contributed by atoms with Gasteiger partial charge in [-0.15, -0.1) is 0 Å². The van der Waals surface area contributed by atoms with Crippen LogP contribution in [0.2, 0.25) is 0 Å². The maximum absolute atomic E-state index is 11.4. The van der Waals surface area contributed by atoms with Crippen LogP contribution < -0.4 is 4.90 Å². The zero-order valence-electron chi connectivity index (χ0n) is 11.4. The molecule has 0 saturated carbocycles. The van der Waals surface area contributed by atoms with Crippen LogP contribution in [-0.4, -0.2) is 24.0 Å². The number of carboxylic acid groups (broad SMARTS) is 1. The summed E-state index contributed by atoms with van der Waals surface area (Å²) in [6.07, 6.45) is 0. The van der Waals surface area contributed by atoms with Crippen molar-refractivity contribution in [3.63, 3.8) is 0 Å². The molecule has 1 amide bonds. The molecule has 0 heterocycles. The molecule has 0 fully saturated rings. The van der Waals surface area contributed by atoms with Gasteiger partial charge in [-0.1, -0.05) is 32.9 Å². The fourth-order valence-electron chi connectivity index (χ4n) is 1.75. The van der Waals surface area contributed by atoms with Crippen molar-refractivity contribution in [2.24, 2.45) is 0 Å². The van der Waals surface area contributed by atoms with Gasteiger partial charge < -0.3 is 10.0 Å². The van der Waals surface area contributed by atoms with Crippen LogP contribution in [0, 0.1) is 6.92 Å². The number of aliphatic carboxylic acids is 1. The van der Waals surface area contributed by atoms with Crippen LogP contribution in [0.15, 0.2) is 18.2 Å². The summed E-state index contributed by atoms with van der Waals surface area (Å²) in [4.78, 5) is 23.2. The SMILES string of the molecule is Cc1cc(C(C)(C)C)ccc1N(C)C(=O)C(=O)O. The lowest BCUT2D eigenvalue weighted by Gasteiger charge is -2.23. The number of benzene rings is 1. The second-order valence-corrected chi connectivity index (χ2v) is 5.42. The second-order valence-electron chi connectivity index (χ2n) is 5.42. The third-order valence-electron chi connectivity index (χ3n) is 2.91. The second kappa shape index (κ2) is 4.80. The Kier molecular flexibility index (Phi) is 3.79. The Bertz CT molecular complexity index is 486. The Morgan fingerprint density at radius 3 is 2.17 bits per heavy atom. The van der Waals surface area contributed by atoms with Gasteiger partial charge in [0.05, 0.1) is 0 Å². The van der Waals surface area contributed by atoms with Crippen molar-refractivity contribution in [2.75, 3.05) is 11.9 Å². The van der Waals surface area contributed by atoms with Crippen molar-refractivity contribution >= 4 is 17.6 Å². The van der Waals surface area contributed by atoms with Gasteiger partial charge in [0.25, 0.3) is 0 Å². The molecule has 0 bridgehead atoms. The highest BCUT2D eigenvalue weighted by molar-refractivity contribution is 6.37. The van der Waals surface area contributed by atoms with Crippen LogP contribution in [0.1, 0.15) is 31.9 Å². The van der Waals surface area contributed by atoms with Crippen molar-refractivity contribution in [2.45, 2.75) is 33.1 Å². The number of nitrogens with zero attached hydrogens (tertiary/aromatic N) is 1. The van der Waals surface area contributed by atoms with Gasteiger partial charge in [-0.2, -0.15) is 0 Å². The van der Waals surface area contributed by atoms with Crippen LogP contribution >= 0.6 is 0 Å². The summed E-state index contributed by atoms with van der Waals surface area (Å²) >= 11 is 0. The van der Waals surface area contributed by atoms with Crippen LogP contribution in [0.3, 0.4) is 0 Å². The minimum absolute atomic E-state index is 0.0265. The van der Waals surface area contributed by atoms with E-state index in [-0.39, 0.29) is 5.41 Å². The van der Waals surface area contributed by atoms with Gasteiger partial charge in [-0.05, 0) is 29.5 Å². The van der Waals surface area contributed by atoms with Gasteiger partial charge in [0.15, 0.2) is 0 Å². The highest BCUT2D eigenvalue weighted by Crippen LogP contribution is 2.27. The number of carbonyl (C=O) groups excluding carboxylic acids is 1. The molecule has 1 aromatic rings. The monoisotopic (exact) mass is 249 g/mol. The molecule has 0 aliphatic carbocycles. The first-order valence-corrected chi connectivity index (χ1v) is 5.76. The standard InChI is InChI=1S/C14H19NO3/c1-9-8-10(14(2,3)4)6-7-11(9)15(5)12(16)13(17)18/h6-8H,1-5H3,(H,17,18). The number of likely N-dealkylation sites (N-methyl/N-ethyl adjacent to an activating group) is 1. The maximum Gasteiger partial charge on any atom is 0.394 e. The minimum Gasteiger partial charge on any atom is -0.474 e. The van der Waals surface area contributed by atoms with E-state index in [1.54, 1.807) is 6.07 Å². The van der Waals surface area contributed by atoms with Crippen LogP contribution in [0.25, 0.3) is 0 Å². The number of anilines is 1. The Labute approximate surface area is 107 Å². The Balaban J connectivity index is 3.14. The predicted octanol–water partition coefficient (Wildman–Crippen LogP) is 2.34. The van der Waals surface area contributed by atoms with Crippen LogP contribution in [-0.2, 0) is 15.0 Å². The summed E-state index contributed by atoms with van der Waals surface area (Å²) < 4.78 is 0. The molecule has 0 radical (unpaired) electrons. The van der Waals surface area contributed by atoms with E-state index in [0.717, 1.165) is 16.0 Å². The molecular formula is C14H19NO3. The van der Waals surface area contributed by atoms with Crippen LogP contribution in [0.5, 0.6) is 0 Å². The first-order valence-electron chi connectivity index (χ1n) is 5.76. The number of hydrogen-bond donors (Lipinski definition) is 1. The molecule has 0 atom stereocenters. The number of carbonyl (C=O) groups is 2. The Morgan fingerprint density at radius 1 is 1.22 bits per heavy atom. The van der Waals surface area contributed by atoms with Crippen molar-refractivity contribution in [1.29, 1.82) is 0 Å². The number of amides is 1. The topological polar surface area (TPSA) is 57.6 Å². The number of hydrogen-bond acceptors (Lipinski definition) is 2. The van der Waals surface area contributed by atoms with Crippen molar-refractivity contribution in [1.82, 2.24) is 0 Å². The highest BCUT2D eigenvalue weighted by atomic mass is 16.4. The quantitative estimate of drug-likeness (QED) is 0.777. The third-order valence-corrected chi connectivity index (χ3v) is 2.91. The molecule has 0 saturated heterocycles. The molecule has 1 N–H and O–H groups in total. The molecule has 4 heteroatoms. The number of rotatable bonds is 1. The summed E-state index contributed by atoms with van der Waals surface area (Å²) in [6.45, 7) is 8.19. The first-order chi connectivity index (χ1) is 8.14. The van der Waals surface area contributed by atoms with Gasteiger partial charge in [-0.3, -0.25) is 4.79 Å². The fourth-order valence-corrected chi connectivity index (χ4v) is 1.75. The van der Waals surface area contributed by atoms with E-state index in [4.69, 9.17) is 5.11 Å². The third kappa shape index (κ3) is 2.88. The lowest BCUT2D eigenvalue weighted by atomic mass is 9.86. The fraction of sp³-hybridized carbons (Fsp3) is 0.429. The Hall–Kier alpha value is -1.84. The number of carboxylic acids is 1. The van der Waals surface area contributed by atoms with Gasteiger partial charge in [0, 0.05) is 12.7 Å². The zero-order chi connectivity index (χ0) is 14.1. The molecule has 0 spiro atoms. The molecule has 0 aromatic heterocycles. The molecule has 1 aromatic carbocycles. The van der Waals surface area contributed by atoms with Gasteiger partial charge >= 0.3 is 11.9 Å².